The molecule has 0 spiro atoms. The fraction of sp³-hybridized carbons (Fsp3) is 0.355. The molecule has 218 valence electrons. The van der Waals surface area contributed by atoms with Crippen molar-refractivity contribution in [1.29, 1.82) is 0 Å². The van der Waals surface area contributed by atoms with E-state index in [1.54, 1.807) is 36.1 Å². The average Bonchev–Trinajstić information content (AvgIpc) is 3.50. The minimum atomic E-state index is -3.56. The number of hydrogen-bond acceptors (Lipinski definition) is 5. The minimum Gasteiger partial charge on any atom is -0.376 e. The Bertz CT molecular complexity index is 1390. The van der Waals surface area contributed by atoms with Crippen molar-refractivity contribution >= 4 is 33.4 Å². The summed E-state index contributed by atoms with van der Waals surface area (Å²) in [5, 5.41) is 3.60. The Morgan fingerprint density at radius 3 is 2.32 bits per heavy atom. The topological polar surface area (TPSA) is 105 Å². The van der Waals surface area contributed by atoms with Crippen molar-refractivity contribution in [2.45, 2.75) is 56.2 Å². The largest absolute Gasteiger partial charge is 0.376 e. The maximum absolute atomic E-state index is 13.9. The van der Waals surface area contributed by atoms with Gasteiger partial charge in [0.05, 0.1) is 11.0 Å². The van der Waals surface area contributed by atoms with E-state index >= 15 is 0 Å². The van der Waals surface area contributed by atoms with E-state index < -0.39 is 16.1 Å². The van der Waals surface area contributed by atoms with Crippen LogP contribution in [0.5, 0.6) is 0 Å². The van der Waals surface area contributed by atoms with Crippen molar-refractivity contribution in [3.05, 3.63) is 101 Å². The smallest absolute Gasteiger partial charge is 0.247 e. The third-order valence-corrected chi connectivity index (χ3v) is 8.80. The summed E-state index contributed by atoms with van der Waals surface area (Å²) in [6.07, 6.45) is 2.34. The van der Waals surface area contributed by atoms with E-state index in [0.29, 0.717) is 36.7 Å². The van der Waals surface area contributed by atoms with Gasteiger partial charge >= 0.3 is 0 Å². The van der Waals surface area contributed by atoms with Gasteiger partial charge in [0.1, 0.15) is 6.04 Å². The zero-order valence-corrected chi connectivity index (χ0v) is 24.7. The molecule has 3 aromatic carbocycles. The lowest BCUT2D eigenvalue weighted by atomic mass is 10.0. The van der Waals surface area contributed by atoms with Gasteiger partial charge in [-0.05, 0) is 60.2 Å². The summed E-state index contributed by atoms with van der Waals surface area (Å²) in [5.41, 5.74) is 2.37. The number of aryl methyl sites for hydroxylation is 1. The highest BCUT2D eigenvalue weighted by Gasteiger charge is 2.32. The van der Waals surface area contributed by atoms with E-state index in [9.17, 15) is 18.0 Å². The Balaban J connectivity index is 1.57. The number of carbonyl (C=O) groups is 2. The molecule has 1 aliphatic rings. The quantitative estimate of drug-likeness (QED) is 0.299. The Kier molecular flexibility index (Phi) is 10.9. The molecular weight excluding hydrogens is 562 g/mol. The van der Waals surface area contributed by atoms with Gasteiger partial charge < -0.3 is 15.0 Å². The van der Waals surface area contributed by atoms with E-state index in [-0.39, 0.29) is 35.8 Å². The molecule has 1 heterocycles. The minimum absolute atomic E-state index is 0.0323. The van der Waals surface area contributed by atoms with Crippen LogP contribution in [0.15, 0.2) is 83.8 Å². The van der Waals surface area contributed by atoms with Crippen molar-refractivity contribution in [3.8, 4) is 0 Å². The Hall–Kier alpha value is -3.24. The van der Waals surface area contributed by atoms with E-state index in [2.05, 4.69) is 10.0 Å². The van der Waals surface area contributed by atoms with Gasteiger partial charge in [-0.15, -0.1) is 0 Å². The van der Waals surface area contributed by atoms with Crippen LogP contribution in [0.4, 0.5) is 0 Å². The number of hydrogen-bond donors (Lipinski definition) is 2. The summed E-state index contributed by atoms with van der Waals surface area (Å²) in [6, 6.07) is 22.1. The van der Waals surface area contributed by atoms with Crippen LogP contribution in [0.1, 0.15) is 48.9 Å². The van der Waals surface area contributed by atoms with E-state index in [0.717, 1.165) is 24.0 Å². The molecule has 0 aliphatic carbocycles. The van der Waals surface area contributed by atoms with Crippen LogP contribution in [0.25, 0.3) is 0 Å². The van der Waals surface area contributed by atoms with Gasteiger partial charge in [-0.1, -0.05) is 73.1 Å². The molecule has 4 rings (SSSR count). The van der Waals surface area contributed by atoms with Gasteiger partial charge in [0.15, 0.2) is 0 Å². The van der Waals surface area contributed by atoms with Gasteiger partial charge in [0.25, 0.3) is 0 Å². The number of benzene rings is 3. The lowest BCUT2D eigenvalue weighted by Crippen LogP contribution is -2.45. The number of ether oxygens (including phenoxy) is 1. The van der Waals surface area contributed by atoms with Crippen LogP contribution in [-0.2, 0) is 37.3 Å². The molecule has 2 amide bonds. The Morgan fingerprint density at radius 1 is 1.00 bits per heavy atom. The molecule has 2 N–H and O–H groups in total. The lowest BCUT2D eigenvalue weighted by molar-refractivity contribution is -0.141. The van der Waals surface area contributed by atoms with E-state index in [4.69, 9.17) is 16.3 Å². The molecule has 1 aliphatic heterocycles. The lowest BCUT2D eigenvalue weighted by Gasteiger charge is -2.32. The molecule has 1 saturated heterocycles. The van der Waals surface area contributed by atoms with Crippen LogP contribution in [-0.4, -0.2) is 50.9 Å². The zero-order chi connectivity index (χ0) is 29.2. The molecule has 0 unspecified atom stereocenters. The molecule has 2 atom stereocenters. The summed E-state index contributed by atoms with van der Waals surface area (Å²) in [6.45, 7) is 3.30. The molecular formula is C31H36ClN3O5S. The van der Waals surface area contributed by atoms with Crippen molar-refractivity contribution in [2.75, 3.05) is 19.7 Å². The summed E-state index contributed by atoms with van der Waals surface area (Å²) in [4.78, 5) is 29.3. The predicted octanol–water partition coefficient (Wildman–Crippen LogP) is 4.64. The SMILES string of the molecule is CCNS(=O)(=O)c1ccc(CCC(=O)N(Cc2ccc(Cl)cc2)[C@H](C(=O)NC[C@H]2CCCO2)c2ccccc2)cc1. The normalized spacial score (nSPS) is 15.8. The standard InChI is InChI=1S/C31H36ClN3O5S/c1-2-34-41(38,39)28-17-12-23(13-18-28)14-19-29(36)35(22-24-10-15-26(32)16-11-24)30(25-7-4-3-5-8-25)31(37)33-21-27-9-6-20-40-27/h3-5,7-8,10-13,15-18,27,30,34H,2,6,9,14,19-22H2,1H3,(H,33,37)/t27-,30+/m1/s1. The third-order valence-electron chi connectivity index (χ3n) is 6.99. The van der Waals surface area contributed by atoms with Crippen LogP contribution in [0.2, 0.25) is 5.02 Å². The Labute approximate surface area is 247 Å². The maximum atomic E-state index is 13.9. The first-order valence-corrected chi connectivity index (χ1v) is 15.7. The second kappa shape index (κ2) is 14.6. The predicted molar refractivity (Wildman–Crippen MR) is 159 cm³/mol. The average molecular weight is 598 g/mol. The van der Waals surface area contributed by atoms with E-state index in [1.807, 2.05) is 42.5 Å². The molecule has 8 nitrogen and oxygen atoms in total. The summed E-state index contributed by atoms with van der Waals surface area (Å²) < 4.78 is 32.7. The van der Waals surface area contributed by atoms with Gasteiger partial charge in [-0.25, -0.2) is 13.1 Å². The summed E-state index contributed by atoms with van der Waals surface area (Å²) in [5.74, 6) is -0.475. The Morgan fingerprint density at radius 2 is 1.68 bits per heavy atom. The highest BCUT2D eigenvalue weighted by molar-refractivity contribution is 7.89. The second-order valence-electron chi connectivity index (χ2n) is 9.99. The first-order valence-electron chi connectivity index (χ1n) is 13.8. The molecule has 3 aromatic rings. The van der Waals surface area contributed by atoms with Crippen molar-refractivity contribution in [3.63, 3.8) is 0 Å². The monoisotopic (exact) mass is 597 g/mol. The van der Waals surface area contributed by atoms with Gasteiger partial charge in [0, 0.05) is 37.7 Å². The number of amides is 2. The second-order valence-corrected chi connectivity index (χ2v) is 12.2. The van der Waals surface area contributed by atoms with Crippen molar-refractivity contribution < 1.29 is 22.7 Å². The highest BCUT2D eigenvalue weighted by atomic mass is 35.5. The molecule has 0 radical (unpaired) electrons. The first-order chi connectivity index (χ1) is 19.8. The number of nitrogens with one attached hydrogen (secondary N) is 2. The fourth-order valence-electron chi connectivity index (χ4n) is 4.84. The van der Waals surface area contributed by atoms with Crippen molar-refractivity contribution in [2.24, 2.45) is 0 Å². The summed E-state index contributed by atoms with van der Waals surface area (Å²) >= 11 is 6.10. The fourth-order valence-corrected chi connectivity index (χ4v) is 6.01. The number of halogens is 1. The van der Waals surface area contributed by atoms with Crippen LogP contribution in [0.3, 0.4) is 0 Å². The molecule has 0 aromatic heterocycles. The number of carbonyl (C=O) groups excluding carboxylic acids is 2. The molecule has 0 saturated carbocycles. The van der Waals surface area contributed by atoms with Gasteiger partial charge in [-0.3, -0.25) is 9.59 Å². The third kappa shape index (κ3) is 8.63. The van der Waals surface area contributed by atoms with Gasteiger partial charge in [0.2, 0.25) is 21.8 Å². The van der Waals surface area contributed by atoms with Crippen LogP contribution >= 0.6 is 11.6 Å². The maximum Gasteiger partial charge on any atom is 0.247 e. The summed E-state index contributed by atoms with van der Waals surface area (Å²) in [7, 11) is -3.56. The number of sulfonamides is 1. The van der Waals surface area contributed by atoms with E-state index in [1.165, 1.54) is 12.1 Å². The molecule has 0 bridgehead atoms. The zero-order valence-electron chi connectivity index (χ0n) is 23.1. The van der Waals surface area contributed by atoms with Crippen molar-refractivity contribution in [1.82, 2.24) is 14.9 Å². The molecule has 1 fully saturated rings. The highest BCUT2D eigenvalue weighted by Crippen LogP contribution is 2.26. The molecule has 10 heteroatoms. The van der Waals surface area contributed by atoms with Crippen LogP contribution in [0, 0.1) is 0 Å². The number of nitrogens with zero attached hydrogens (tertiary/aromatic N) is 1. The first kappa shape index (κ1) is 30.7. The molecule has 41 heavy (non-hydrogen) atoms. The number of rotatable bonds is 13. The van der Waals surface area contributed by atoms with Crippen LogP contribution < -0.4 is 10.0 Å². The van der Waals surface area contributed by atoms with Gasteiger partial charge in [-0.2, -0.15) is 0 Å².